The number of nitrogens with zero attached hydrogens (tertiary/aromatic N) is 5. The van der Waals surface area contributed by atoms with Crippen LogP contribution < -0.4 is 10.3 Å². The van der Waals surface area contributed by atoms with E-state index in [0.717, 1.165) is 51.7 Å². The number of hydrazone groups is 1. The van der Waals surface area contributed by atoms with Crippen molar-refractivity contribution in [1.29, 1.82) is 0 Å². The monoisotopic (exact) mass is 536 g/mol. The van der Waals surface area contributed by atoms with Crippen molar-refractivity contribution in [1.82, 2.24) is 14.5 Å². The average molecular weight is 537 g/mol. The summed E-state index contributed by atoms with van der Waals surface area (Å²) in [6.45, 7) is 3.13. The van der Waals surface area contributed by atoms with Crippen LogP contribution in [0.4, 0.5) is 24.9 Å². The number of thiophene rings is 1. The Morgan fingerprint density at radius 2 is 1.89 bits per heavy atom. The van der Waals surface area contributed by atoms with E-state index < -0.39 is 11.7 Å². The minimum absolute atomic E-state index is 0.298. The first-order chi connectivity index (χ1) is 18.5. The van der Waals surface area contributed by atoms with Crippen LogP contribution in [0.15, 0.2) is 71.3 Å². The number of hydrogen-bond acceptors (Lipinski definition) is 7. The molecule has 2 aromatic carbocycles. The Labute approximate surface area is 220 Å². The maximum atomic E-state index is 13.2. The van der Waals surface area contributed by atoms with Gasteiger partial charge in [-0.05, 0) is 35.2 Å². The van der Waals surface area contributed by atoms with Gasteiger partial charge in [-0.2, -0.15) is 23.3 Å². The number of rotatable bonds is 6. The highest BCUT2D eigenvalue weighted by Gasteiger charge is 2.30. The molecule has 0 bridgehead atoms. The molecule has 38 heavy (non-hydrogen) atoms. The Hall–Kier alpha value is -3.96. The predicted molar refractivity (Wildman–Crippen MR) is 144 cm³/mol. The van der Waals surface area contributed by atoms with Crippen LogP contribution in [0.25, 0.3) is 21.1 Å². The average Bonchev–Trinajstić information content (AvgIpc) is 3.54. The number of anilines is 2. The minimum Gasteiger partial charge on any atom is -0.378 e. The number of morpholine rings is 1. The molecule has 0 unspecified atom stereocenters. The first-order valence-corrected chi connectivity index (χ1v) is 12.9. The van der Waals surface area contributed by atoms with Crippen LogP contribution in [-0.4, -0.2) is 47.1 Å². The maximum Gasteiger partial charge on any atom is 0.416 e. The van der Waals surface area contributed by atoms with Gasteiger partial charge in [-0.1, -0.05) is 30.3 Å². The lowest BCUT2D eigenvalue weighted by atomic mass is 10.1. The second kappa shape index (κ2) is 10.1. The van der Waals surface area contributed by atoms with Gasteiger partial charge in [-0.25, -0.2) is 10.4 Å². The Morgan fingerprint density at radius 3 is 2.74 bits per heavy atom. The third kappa shape index (κ3) is 4.94. The number of nitrogens with one attached hydrogen (secondary N) is 1. The van der Waals surface area contributed by atoms with Crippen molar-refractivity contribution in [3.63, 3.8) is 0 Å². The molecular formula is C27H23F3N6OS. The van der Waals surface area contributed by atoms with Gasteiger partial charge in [-0.3, -0.25) is 0 Å². The Bertz CT molecular complexity index is 1620. The highest BCUT2D eigenvalue weighted by molar-refractivity contribution is 7.17. The summed E-state index contributed by atoms with van der Waals surface area (Å²) in [6.07, 6.45) is -0.813. The van der Waals surface area contributed by atoms with E-state index in [1.54, 1.807) is 23.6 Å². The van der Waals surface area contributed by atoms with Gasteiger partial charge in [0.15, 0.2) is 5.82 Å². The number of benzene rings is 2. The number of alkyl halides is 3. The summed E-state index contributed by atoms with van der Waals surface area (Å²) in [5, 5.41) is 7.34. The Kier molecular flexibility index (Phi) is 6.46. The molecule has 0 saturated carbocycles. The summed E-state index contributed by atoms with van der Waals surface area (Å²) in [7, 11) is 0. The summed E-state index contributed by atoms with van der Waals surface area (Å²) in [4.78, 5) is 11.5. The van der Waals surface area contributed by atoms with E-state index in [4.69, 9.17) is 9.72 Å². The molecule has 0 aliphatic carbocycles. The summed E-state index contributed by atoms with van der Waals surface area (Å²) in [6, 6.07) is 15.1. The topological polar surface area (TPSA) is 67.6 Å². The molecule has 0 atom stereocenters. The van der Waals surface area contributed by atoms with E-state index in [0.29, 0.717) is 31.3 Å². The number of aromatic nitrogens is 3. The fraction of sp³-hybridized carbons (Fsp3) is 0.222. The molecular weight excluding hydrogens is 513 g/mol. The molecule has 1 fully saturated rings. The second-order valence-corrected chi connectivity index (χ2v) is 9.82. The summed E-state index contributed by atoms with van der Waals surface area (Å²) < 4.78 is 48.0. The van der Waals surface area contributed by atoms with Crippen molar-refractivity contribution in [2.75, 3.05) is 36.6 Å². The van der Waals surface area contributed by atoms with Gasteiger partial charge in [0.1, 0.15) is 0 Å². The van der Waals surface area contributed by atoms with Crippen LogP contribution in [0.5, 0.6) is 0 Å². The van der Waals surface area contributed by atoms with E-state index in [-0.39, 0.29) is 0 Å². The minimum atomic E-state index is -4.38. The third-order valence-electron chi connectivity index (χ3n) is 6.39. The quantitative estimate of drug-likeness (QED) is 0.213. The van der Waals surface area contributed by atoms with E-state index in [1.807, 2.05) is 46.5 Å². The fourth-order valence-electron chi connectivity index (χ4n) is 4.60. The normalized spacial score (nSPS) is 14.7. The van der Waals surface area contributed by atoms with Gasteiger partial charge in [0.2, 0.25) is 5.95 Å². The van der Waals surface area contributed by atoms with Crippen molar-refractivity contribution in [2.24, 2.45) is 5.10 Å². The largest absolute Gasteiger partial charge is 0.416 e. The zero-order valence-corrected chi connectivity index (χ0v) is 21.0. The lowest BCUT2D eigenvalue weighted by Gasteiger charge is -2.28. The van der Waals surface area contributed by atoms with Gasteiger partial charge in [0.05, 0.1) is 35.2 Å². The van der Waals surface area contributed by atoms with E-state index in [1.165, 1.54) is 12.1 Å². The SMILES string of the molecule is FC(F)(F)c1cccc(Cn2cc(/C=N/Nc3nc(N4CCOCC4)c4sccc4n3)c3ccccc32)c1. The number of halogens is 3. The van der Waals surface area contributed by atoms with Crippen molar-refractivity contribution in [3.8, 4) is 0 Å². The molecule has 194 valence electrons. The summed E-state index contributed by atoms with van der Waals surface area (Å²) in [5.74, 6) is 1.25. The second-order valence-electron chi connectivity index (χ2n) is 8.90. The van der Waals surface area contributed by atoms with Crippen molar-refractivity contribution in [3.05, 3.63) is 82.9 Å². The molecule has 3 aromatic heterocycles. The lowest BCUT2D eigenvalue weighted by Crippen LogP contribution is -2.36. The van der Waals surface area contributed by atoms with Gasteiger partial charge in [0, 0.05) is 42.3 Å². The maximum absolute atomic E-state index is 13.2. The van der Waals surface area contributed by atoms with Crippen molar-refractivity contribution < 1.29 is 17.9 Å². The first-order valence-electron chi connectivity index (χ1n) is 12.1. The molecule has 0 amide bonds. The highest BCUT2D eigenvalue weighted by Crippen LogP contribution is 2.31. The van der Waals surface area contributed by atoms with Gasteiger partial charge in [0.25, 0.3) is 0 Å². The zero-order chi connectivity index (χ0) is 26.1. The van der Waals surface area contributed by atoms with E-state index in [9.17, 15) is 13.2 Å². The molecule has 1 aliphatic rings. The molecule has 11 heteroatoms. The smallest absolute Gasteiger partial charge is 0.378 e. The molecule has 0 spiro atoms. The van der Waals surface area contributed by atoms with Crippen LogP contribution >= 0.6 is 11.3 Å². The number of hydrogen-bond donors (Lipinski definition) is 1. The van der Waals surface area contributed by atoms with Crippen molar-refractivity contribution >= 4 is 50.4 Å². The van der Waals surface area contributed by atoms with Crippen LogP contribution in [-0.2, 0) is 17.5 Å². The number of ether oxygens (including phenoxy) is 1. The summed E-state index contributed by atoms with van der Waals surface area (Å²) in [5.41, 5.74) is 5.44. The fourth-order valence-corrected chi connectivity index (χ4v) is 5.45. The van der Waals surface area contributed by atoms with Gasteiger partial charge < -0.3 is 14.2 Å². The molecule has 5 aromatic rings. The van der Waals surface area contributed by atoms with E-state index >= 15 is 0 Å². The van der Waals surface area contributed by atoms with Crippen LogP contribution in [0, 0.1) is 0 Å². The first kappa shape index (κ1) is 24.4. The predicted octanol–water partition coefficient (Wildman–Crippen LogP) is 6.00. The Morgan fingerprint density at radius 1 is 1.05 bits per heavy atom. The Balaban J connectivity index is 1.27. The van der Waals surface area contributed by atoms with Gasteiger partial charge >= 0.3 is 6.18 Å². The molecule has 7 nitrogen and oxygen atoms in total. The molecule has 1 aliphatic heterocycles. The lowest BCUT2D eigenvalue weighted by molar-refractivity contribution is -0.137. The molecule has 1 N–H and O–H groups in total. The summed E-state index contributed by atoms with van der Waals surface area (Å²) >= 11 is 1.61. The van der Waals surface area contributed by atoms with Crippen LogP contribution in [0.3, 0.4) is 0 Å². The van der Waals surface area contributed by atoms with Crippen LogP contribution in [0.1, 0.15) is 16.7 Å². The molecule has 6 rings (SSSR count). The van der Waals surface area contributed by atoms with E-state index in [2.05, 4.69) is 20.4 Å². The standard InChI is InChI=1S/C27H23F3N6OS/c28-27(29,30)20-5-3-4-18(14-20)16-36-17-19(21-6-1-2-7-23(21)36)15-31-34-26-32-22-8-13-38-24(22)25(33-26)35-9-11-37-12-10-35/h1-8,13-15,17H,9-12,16H2,(H,32,33,34)/b31-15+. The molecule has 0 radical (unpaired) electrons. The number of para-hydroxylation sites is 1. The molecule has 1 saturated heterocycles. The highest BCUT2D eigenvalue weighted by atomic mass is 32.1. The van der Waals surface area contributed by atoms with Crippen molar-refractivity contribution in [2.45, 2.75) is 12.7 Å². The number of fused-ring (bicyclic) bond motifs is 2. The van der Waals surface area contributed by atoms with Gasteiger partial charge in [-0.15, -0.1) is 11.3 Å². The third-order valence-corrected chi connectivity index (χ3v) is 7.29. The molecule has 4 heterocycles. The zero-order valence-electron chi connectivity index (χ0n) is 20.2. The van der Waals surface area contributed by atoms with Crippen LogP contribution in [0.2, 0.25) is 0 Å².